The van der Waals surface area contributed by atoms with Gasteiger partial charge in [0.05, 0.1) is 46.5 Å². The third kappa shape index (κ3) is 5.62. The van der Waals surface area contributed by atoms with E-state index in [1.165, 1.54) is 0 Å². The number of benzene rings is 2. The quantitative estimate of drug-likeness (QED) is 0.256. The zero-order chi connectivity index (χ0) is 20.0. The molecule has 1 aromatic heterocycles. The lowest BCUT2D eigenvalue weighted by Gasteiger charge is -2.23. The van der Waals surface area contributed by atoms with Crippen molar-refractivity contribution in [3.63, 3.8) is 0 Å². The van der Waals surface area contributed by atoms with Crippen molar-refractivity contribution in [1.29, 1.82) is 0 Å². The molecule has 28 heavy (non-hydrogen) atoms. The van der Waals surface area contributed by atoms with Crippen LogP contribution in [-0.2, 0) is 11.3 Å². The Bertz CT molecular complexity index is 925. The molecule has 0 atom stereocenters. The van der Waals surface area contributed by atoms with Crippen LogP contribution in [0, 0.1) is 0 Å². The number of esters is 1. The minimum Gasteiger partial charge on any atom is -0.421 e. The van der Waals surface area contributed by atoms with E-state index in [9.17, 15) is 4.79 Å². The van der Waals surface area contributed by atoms with Gasteiger partial charge in [0.15, 0.2) is 5.75 Å². The van der Waals surface area contributed by atoms with E-state index in [2.05, 4.69) is 26.1 Å². The highest BCUT2D eigenvalue weighted by Crippen LogP contribution is 2.24. The fourth-order valence-electron chi connectivity index (χ4n) is 2.89. The Balaban J connectivity index is 1.55. The van der Waals surface area contributed by atoms with Gasteiger partial charge in [0.25, 0.3) is 0 Å². The van der Waals surface area contributed by atoms with Gasteiger partial charge < -0.3 is 14.0 Å². The number of ether oxygens (including phenoxy) is 2. The molecule has 0 amide bonds. The topological polar surface area (TPSA) is 48.4 Å². The zero-order valence-corrected chi connectivity index (χ0v) is 16.7. The summed E-state index contributed by atoms with van der Waals surface area (Å²) in [4.78, 5) is 16.8. The van der Waals surface area contributed by atoms with Crippen LogP contribution in [0.4, 0.5) is 0 Å². The monoisotopic (exact) mass is 379 g/mol. The Morgan fingerprint density at radius 3 is 2.50 bits per heavy atom. The molecule has 0 aliphatic carbocycles. The molecule has 0 fully saturated rings. The third-order valence-corrected chi connectivity index (χ3v) is 4.37. The lowest BCUT2D eigenvalue weighted by atomic mass is 10.1. The lowest BCUT2D eigenvalue weighted by molar-refractivity contribution is -0.870. The number of carbonyl (C=O) groups is 1. The lowest BCUT2D eigenvalue weighted by Crippen LogP contribution is -2.35. The molecule has 0 bridgehead atoms. The van der Waals surface area contributed by atoms with E-state index in [0.29, 0.717) is 23.4 Å². The summed E-state index contributed by atoms with van der Waals surface area (Å²) in [5.74, 6) is 0.0707. The van der Waals surface area contributed by atoms with Gasteiger partial charge in [0, 0.05) is 18.0 Å². The third-order valence-electron chi connectivity index (χ3n) is 4.37. The maximum Gasteiger partial charge on any atom is 0.343 e. The van der Waals surface area contributed by atoms with E-state index in [-0.39, 0.29) is 0 Å². The number of hydrogen-bond acceptors (Lipinski definition) is 4. The zero-order valence-electron chi connectivity index (χ0n) is 16.7. The summed E-state index contributed by atoms with van der Waals surface area (Å²) in [5.41, 5.74) is 2.22. The van der Waals surface area contributed by atoms with Gasteiger partial charge in [-0.25, -0.2) is 4.79 Å². The summed E-state index contributed by atoms with van der Waals surface area (Å²) >= 11 is 0. The smallest absolute Gasteiger partial charge is 0.343 e. The second kappa shape index (κ2) is 8.95. The number of rotatable bonds is 8. The number of quaternary nitrogens is 1. The highest BCUT2D eigenvalue weighted by Gasteiger charge is 2.11. The molecule has 2 aromatic carbocycles. The first-order valence-electron chi connectivity index (χ1n) is 9.45. The van der Waals surface area contributed by atoms with Crippen LogP contribution >= 0.6 is 0 Å². The molecule has 0 unspecified atom stereocenters. The standard InChI is InChI=1S/C23H27N2O3/c1-25(2,3)15-6-16-27-17-18-10-12-20(13-11-18)23(26)28-21-9-4-7-19-8-5-14-24-22(19)21/h4-5,7-14H,6,15-17H2,1-3H3/q+1. The molecular weight excluding hydrogens is 352 g/mol. The van der Waals surface area contributed by atoms with Crippen molar-refractivity contribution in [3.8, 4) is 5.75 Å². The normalized spacial score (nSPS) is 11.5. The molecule has 0 spiro atoms. The van der Waals surface area contributed by atoms with Crippen LogP contribution in [0.1, 0.15) is 22.3 Å². The number of aromatic nitrogens is 1. The SMILES string of the molecule is C[N+](C)(C)CCCOCc1ccc(C(=O)Oc2cccc3cccnc23)cc1. The summed E-state index contributed by atoms with van der Waals surface area (Å²) in [6.07, 6.45) is 2.71. The summed E-state index contributed by atoms with van der Waals surface area (Å²) in [7, 11) is 6.52. The summed E-state index contributed by atoms with van der Waals surface area (Å²) < 4.78 is 12.2. The van der Waals surface area contributed by atoms with Crippen molar-refractivity contribution in [2.75, 3.05) is 34.3 Å². The van der Waals surface area contributed by atoms with Crippen molar-refractivity contribution < 1.29 is 18.8 Å². The highest BCUT2D eigenvalue weighted by atomic mass is 16.5. The van der Waals surface area contributed by atoms with Crippen LogP contribution in [0.25, 0.3) is 10.9 Å². The molecule has 5 heteroatoms. The molecule has 0 radical (unpaired) electrons. The molecular formula is C23H27N2O3+. The summed E-state index contributed by atoms with van der Waals surface area (Å²) in [6, 6.07) is 16.7. The van der Waals surface area contributed by atoms with Crippen molar-refractivity contribution in [2.45, 2.75) is 13.0 Å². The van der Waals surface area contributed by atoms with Crippen molar-refractivity contribution >= 4 is 16.9 Å². The molecule has 0 N–H and O–H groups in total. The second-order valence-electron chi connectivity index (χ2n) is 7.84. The number of nitrogens with zero attached hydrogens (tertiary/aromatic N) is 2. The average Bonchev–Trinajstić information content (AvgIpc) is 2.67. The second-order valence-corrected chi connectivity index (χ2v) is 7.84. The van der Waals surface area contributed by atoms with Gasteiger partial charge in [-0.2, -0.15) is 0 Å². The molecule has 146 valence electrons. The van der Waals surface area contributed by atoms with Gasteiger partial charge >= 0.3 is 5.97 Å². The van der Waals surface area contributed by atoms with Gasteiger partial charge in [-0.1, -0.05) is 30.3 Å². The maximum absolute atomic E-state index is 12.5. The molecule has 0 saturated heterocycles. The van der Waals surface area contributed by atoms with E-state index < -0.39 is 5.97 Å². The first kappa shape index (κ1) is 20.0. The van der Waals surface area contributed by atoms with Crippen LogP contribution in [0.5, 0.6) is 5.75 Å². The number of hydrogen-bond donors (Lipinski definition) is 0. The number of fused-ring (bicyclic) bond motifs is 1. The van der Waals surface area contributed by atoms with Gasteiger partial charge in [-0.15, -0.1) is 0 Å². The Hall–Kier alpha value is -2.76. The largest absolute Gasteiger partial charge is 0.421 e. The van der Waals surface area contributed by atoms with Gasteiger partial charge in [-0.05, 0) is 29.8 Å². The van der Waals surface area contributed by atoms with Crippen molar-refractivity contribution in [1.82, 2.24) is 4.98 Å². The summed E-state index contributed by atoms with van der Waals surface area (Å²) in [6.45, 7) is 2.35. The van der Waals surface area contributed by atoms with Gasteiger partial charge in [-0.3, -0.25) is 4.98 Å². The average molecular weight is 379 g/mol. The molecule has 0 aliphatic heterocycles. The minimum absolute atomic E-state index is 0.395. The first-order chi connectivity index (χ1) is 13.4. The first-order valence-corrected chi connectivity index (χ1v) is 9.45. The molecule has 3 aromatic rings. The van der Waals surface area contributed by atoms with E-state index in [0.717, 1.165) is 35.0 Å². The van der Waals surface area contributed by atoms with Crippen LogP contribution in [0.3, 0.4) is 0 Å². The molecule has 3 rings (SSSR count). The van der Waals surface area contributed by atoms with Crippen LogP contribution in [0.2, 0.25) is 0 Å². The Kier molecular flexibility index (Phi) is 6.39. The van der Waals surface area contributed by atoms with E-state index in [1.807, 2.05) is 36.4 Å². The van der Waals surface area contributed by atoms with Crippen LogP contribution in [0.15, 0.2) is 60.8 Å². The Labute approximate surface area is 166 Å². The highest BCUT2D eigenvalue weighted by molar-refractivity contribution is 5.94. The van der Waals surface area contributed by atoms with E-state index in [1.54, 1.807) is 24.4 Å². The maximum atomic E-state index is 12.5. The summed E-state index contributed by atoms with van der Waals surface area (Å²) in [5, 5.41) is 0.936. The minimum atomic E-state index is -0.395. The Morgan fingerprint density at radius 1 is 1.00 bits per heavy atom. The van der Waals surface area contributed by atoms with Crippen LogP contribution < -0.4 is 4.74 Å². The fourth-order valence-corrected chi connectivity index (χ4v) is 2.89. The number of carbonyl (C=O) groups excluding carboxylic acids is 1. The van der Waals surface area contributed by atoms with Gasteiger partial charge in [0.2, 0.25) is 0 Å². The number of para-hydroxylation sites is 1. The molecule has 5 nitrogen and oxygen atoms in total. The van der Waals surface area contributed by atoms with E-state index >= 15 is 0 Å². The van der Waals surface area contributed by atoms with Gasteiger partial charge in [0.1, 0.15) is 5.52 Å². The van der Waals surface area contributed by atoms with E-state index in [4.69, 9.17) is 9.47 Å². The number of pyridine rings is 1. The fraction of sp³-hybridized carbons (Fsp3) is 0.304. The van der Waals surface area contributed by atoms with Crippen LogP contribution in [-0.4, -0.2) is 49.7 Å². The molecule has 0 aliphatic rings. The van der Waals surface area contributed by atoms with Crippen molar-refractivity contribution in [2.24, 2.45) is 0 Å². The molecule has 1 heterocycles. The molecule has 0 saturated carbocycles. The Morgan fingerprint density at radius 2 is 1.75 bits per heavy atom. The predicted octanol–water partition coefficient (Wildman–Crippen LogP) is 4.07. The van der Waals surface area contributed by atoms with Crippen molar-refractivity contribution in [3.05, 3.63) is 71.9 Å². The predicted molar refractivity (Wildman–Crippen MR) is 110 cm³/mol.